The molecule has 0 aliphatic carbocycles. The topological polar surface area (TPSA) is 63.6 Å². The lowest BCUT2D eigenvalue weighted by Gasteiger charge is -2.34. The molecular weight excluding hydrogens is 220 g/mol. The fourth-order valence-corrected chi connectivity index (χ4v) is 1.90. The number of fused-ring (bicyclic) bond motifs is 1. The molecule has 4 heteroatoms. The van der Waals surface area contributed by atoms with Gasteiger partial charge in [-0.1, -0.05) is 6.92 Å². The molecule has 1 aliphatic rings. The zero-order chi connectivity index (χ0) is 12.6. The van der Waals surface area contributed by atoms with Gasteiger partial charge >= 0.3 is 5.97 Å². The summed E-state index contributed by atoms with van der Waals surface area (Å²) in [6.45, 7) is 3.85. The Morgan fingerprint density at radius 1 is 1.53 bits per heavy atom. The van der Waals surface area contributed by atoms with E-state index >= 15 is 0 Å². The van der Waals surface area contributed by atoms with Crippen molar-refractivity contribution in [3.05, 3.63) is 29.3 Å². The number of benzene rings is 1. The third kappa shape index (κ3) is 2.02. The molecule has 1 heterocycles. The maximum absolute atomic E-state index is 12.0. The second-order valence-corrected chi connectivity index (χ2v) is 4.52. The summed E-state index contributed by atoms with van der Waals surface area (Å²) in [5.74, 6) is -0.612. The Morgan fingerprint density at radius 3 is 2.82 bits per heavy atom. The third-order valence-corrected chi connectivity index (χ3v) is 3.17. The molecule has 0 spiro atoms. The number of ketones is 1. The fourth-order valence-electron chi connectivity index (χ4n) is 1.90. The van der Waals surface area contributed by atoms with Gasteiger partial charge in [0, 0.05) is 0 Å². The standard InChI is InChI=1S/C13H14O4/c1-3-13(2)7-10(14)9-6-8(12(15)16)4-5-11(9)17-13/h4-6H,3,7H2,1-2H3,(H,15,16). The van der Waals surface area contributed by atoms with Gasteiger partial charge in [0.05, 0.1) is 17.5 Å². The van der Waals surface area contributed by atoms with Gasteiger partial charge in [0.15, 0.2) is 5.78 Å². The Labute approximate surface area is 99.2 Å². The Morgan fingerprint density at radius 2 is 2.24 bits per heavy atom. The minimum absolute atomic E-state index is 0.0568. The minimum Gasteiger partial charge on any atom is -0.486 e. The summed E-state index contributed by atoms with van der Waals surface area (Å²) >= 11 is 0. The highest BCUT2D eigenvalue weighted by Crippen LogP contribution is 2.35. The van der Waals surface area contributed by atoms with E-state index in [1.54, 1.807) is 6.07 Å². The SMILES string of the molecule is CCC1(C)CC(=O)c2cc(C(=O)O)ccc2O1. The van der Waals surface area contributed by atoms with E-state index in [0.717, 1.165) is 6.42 Å². The molecule has 0 bridgehead atoms. The van der Waals surface area contributed by atoms with E-state index in [9.17, 15) is 9.59 Å². The van der Waals surface area contributed by atoms with Crippen LogP contribution in [0.15, 0.2) is 18.2 Å². The molecule has 1 atom stereocenters. The summed E-state index contributed by atoms with van der Waals surface area (Å²) in [5, 5.41) is 8.87. The van der Waals surface area contributed by atoms with Gasteiger partial charge in [0.2, 0.25) is 0 Å². The summed E-state index contributed by atoms with van der Waals surface area (Å²) in [6.07, 6.45) is 1.03. The lowest BCUT2D eigenvalue weighted by molar-refractivity contribution is 0.0499. The highest BCUT2D eigenvalue weighted by molar-refractivity contribution is 6.02. The first-order chi connectivity index (χ1) is 7.95. The van der Waals surface area contributed by atoms with Crippen LogP contribution in [-0.2, 0) is 0 Å². The van der Waals surface area contributed by atoms with Crippen molar-refractivity contribution in [2.45, 2.75) is 32.3 Å². The van der Waals surface area contributed by atoms with Crippen LogP contribution in [0.4, 0.5) is 0 Å². The van der Waals surface area contributed by atoms with Crippen molar-refractivity contribution in [1.29, 1.82) is 0 Å². The molecule has 17 heavy (non-hydrogen) atoms. The number of ether oxygens (including phenoxy) is 1. The normalized spacial score (nSPS) is 22.8. The Bertz CT molecular complexity index is 492. The largest absolute Gasteiger partial charge is 0.486 e. The van der Waals surface area contributed by atoms with Gasteiger partial charge in [-0.05, 0) is 31.5 Å². The van der Waals surface area contributed by atoms with E-state index in [4.69, 9.17) is 9.84 Å². The van der Waals surface area contributed by atoms with Gasteiger partial charge in [0.25, 0.3) is 0 Å². The molecule has 1 aromatic carbocycles. The predicted molar refractivity (Wildman–Crippen MR) is 61.7 cm³/mol. The zero-order valence-corrected chi connectivity index (χ0v) is 9.82. The molecule has 0 radical (unpaired) electrons. The van der Waals surface area contributed by atoms with E-state index in [-0.39, 0.29) is 11.3 Å². The second kappa shape index (κ2) is 3.87. The van der Waals surface area contributed by atoms with Crippen molar-refractivity contribution in [1.82, 2.24) is 0 Å². The van der Waals surface area contributed by atoms with Gasteiger partial charge in [0.1, 0.15) is 11.4 Å². The molecule has 1 N–H and O–H groups in total. The van der Waals surface area contributed by atoms with Crippen LogP contribution in [0.25, 0.3) is 0 Å². The quantitative estimate of drug-likeness (QED) is 0.854. The van der Waals surface area contributed by atoms with Crippen LogP contribution in [0.2, 0.25) is 0 Å². The van der Waals surface area contributed by atoms with E-state index in [0.29, 0.717) is 17.7 Å². The lowest BCUT2D eigenvalue weighted by Crippen LogP contribution is -2.38. The van der Waals surface area contributed by atoms with Crippen molar-refractivity contribution in [2.24, 2.45) is 0 Å². The van der Waals surface area contributed by atoms with Crippen molar-refractivity contribution in [3.8, 4) is 5.75 Å². The zero-order valence-electron chi connectivity index (χ0n) is 9.82. The highest BCUT2D eigenvalue weighted by Gasteiger charge is 2.35. The van der Waals surface area contributed by atoms with Crippen LogP contribution in [0, 0.1) is 0 Å². The Kier molecular flexibility index (Phi) is 2.65. The van der Waals surface area contributed by atoms with Gasteiger partial charge in [-0.15, -0.1) is 0 Å². The molecule has 0 saturated carbocycles. The first-order valence-corrected chi connectivity index (χ1v) is 5.55. The number of hydrogen-bond donors (Lipinski definition) is 1. The average Bonchev–Trinajstić information content (AvgIpc) is 2.28. The molecule has 1 unspecified atom stereocenters. The van der Waals surface area contributed by atoms with Crippen molar-refractivity contribution < 1.29 is 19.4 Å². The monoisotopic (exact) mass is 234 g/mol. The number of carboxylic acid groups (broad SMARTS) is 1. The predicted octanol–water partition coefficient (Wildman–Crippen LogP) is 2.52. The maximum Gasteiger partial charge on any atom is 0.335 e. The maximum atomic E-state index is 12.0. The fraction of sp³-hybridized carbons (Fsp3) is 0.385. The summed E-state index contributed by atoms with van der Waals surface area (Å²) in [7, 11) is 0. The smallest absolute Gasteiger partial charge is 0.335 e. The van der Waals surface area contributed by atoms with Crippen LogP contribution in [0.1, 0.15) is 47.4 Å². The van der Waals surface area contributed by atoms with E-state index in [1.807, 2.05) is 13.8 Å². The van der Waals surface area contributed by atoms with E-state index in [1.165, 1.54) is 12.1 Å². The van der Waals surface area contributed by atoms with Gasteiger partial charge in [-0.2, -0.15) is 0 Å². The van der Waals surface area contributed by atoms with Crippen LogP contribution in [-0.4, -0.2) is 22.5 Å². The lowest BCUT2D eigenvalue weighted by atomic mass is 9.89. The van der Waals surface area contributed by atoms with E-state index < -0.39 is 11.6 Å². The molecule has 0 aromatic heterocycles. The van der Waals surface area contributed by atoms with Crippen LogP contribution in [0.5, 0.6) is 5.75 Å². The molecule has 1 aliphatic heterocycles. The average molecular weight is 234 g/mol. The number of hydrogen-bond acceptors (Lipinski definition) is 3. The minimum atomic E-state index is -1.04. The van der Waals surface area contributed by atoms with Gasteiger partial charge in [-0.25, -0.2) is 4.79 Å². The summed E-state index contributed by atoms with van der Waals surface area (Å²) in [4.78, 5) is 22.8. The van der Waals surface area contributed by atoms with E-state index in [2.05, 4.69) is 0 Å². The van der Waals surface area contributed by atoms with Crippen LogP contribution in [0.3, 0.4) is 0 Å². The van der Waals surface area contributed by atoms with Crippen molar-refractivity contribution in [3.63, 3.8) is 0 Å². The number of carbonyl (C=O) groups is 2. The number of rotatable bonds is 2. The molecule has 0 fully saturated rings. The molecule has 4 nitrogen and oxygen atoms in total. The molecular formula is C13H14O4. The number of Topliss-reactive ketones (excluding diaryl/α,β-unsaturated/α-hetero) is 1. The molecule has 1 aromatic rings. The van der Waals surface area contributed by atoms with Crippen LogP contribution < -0.4 is 4.74 Å². The molecule has 90 valence electrons. The summed E-state index contributed by atoms with van der Waals surface area (Å²) in [5.41, 5.74) is 0.00563. The Hall–Kier alpha value is -1.84. The first kappa shape index (κ1) is 11.6. The van der Waals surface area contributed by atoms with Crippen LogP contribution >= 0.6 is 0 Å². The summed E-state index contributed by atoms with van der Waals surface area (Å²) in [6, 6.07) is 4.40. The number of aromatic carboxylic acids is 1. The highest BCUT2D eigenvalue weighted by atomic mass is 16.5. The molecule has 0 amide bonds. The van der Waals surface area contributed by atoms with Gasteiger partial charge in [-0.3, -0.25) is 4.79 Å². The first-order valence-electron chi connectivity index (χ1n) is 5.55. The van der Waals surface area contributed by atoms with Crippen molar-refractivity contribution in [2.75, 3.05) is 0 Å². The molecule has 2 rings (SSSR count). The number of carbonyl (C=O) groups excluding carboxylic acids is 1. The summed E-state index contributed by atoms with van der Waals surface area (Å²) < 4.78 is 5.76. The van der Waals surface area contributed by atoms with Gasteiger partial charge < -0.3 is 9.84 Å². The third-order valence-electron chi connectivity index (χ3n) is 3.17. The van der Waals surface area contributed by atoms with Crippen molar-refractivity contribution >= 4 is 11.8 Å². The number of carboxylic acids is 1. The molecule has 0 saturated heterocycles. The Balaban J connectivity index is 2.45. The second-order valence-electron chi connectivity index (χ2n) is 4.52.